The molecular formula is C33H42O7. The minimum atomic E-state index is -2.66. The van der Waals surface area contributed by atoms with Gasteiger partial charge in [-0.15, -0.1) is 0 Å². The van der Waals surface area contributed by atoms with E-state index in [0.29, 0.717) is 18.3 Å². The van der Waals surface area contributed by atoms with Crippen molar-refractivity contribution < 1.29 is 34.2 Å². The summed E-state index contributed by atoms with van der Waals surface area (Å²) in [5.74, 6) is -7.51. The maximum Gasteiger partial charge on any atom is 0.190 e. The topological polar surface area (TPSA) is 126 Å². The van der Waals surface area contributed by atoms with Crippen LogP contribution in [0.5, 0.6) is 5.75 Å². The van der Waals surface area contributed by atoms with Gasteiger partial charge in [0.05, 0.1) is 11.5 Å². The Hall–Kier alpha value is -2.67. The van der Waals surface area contributed by atoms with Crippen LogP contribution >= 0.6 is 0 Å². The third-order valence-electron chi connectivity index (χ3n) is 11.1. The van der Waals surface area contributed by atoms with E-state index < -0.39 is 63.1 Å². The molecule has 7 nitrogen and oxygen atoms in total. The number of phenols is 1. The van der Waals surface area contributed by atoms with Crippen molar-refractivity contribution in [2.75, 3.05) is 0 Å². The van der Waals surface area contributed by atoms with Crippen LogP contribution in [0.2, 0.25) is 0 Å². The Balaban J connectivity index is 1.65. The Morgan fingerprint density at radius 2 is 1.65 bits per heavy atom. The van der Waals surface area contributed by atoms with Crippen molar-refractivity contribution in [2.24, 2.45) is 46.3 Å². The molecule has 1 aromatic carbocycles. The zero-order chi connectivity index (χ0) is 29.5. The zero-order valence-electron chi connectivity index (χ0n) is 24.5. The summed E-state index contributed by atoms with van der Waals surface area (Å²) in [5, 5.41) is 23.0. The monoisotopic (exact) mass is 550 g/mol. The van der Waals surface area contributed by atoms with Crippen LogP contribution in [0.15, 0.2) is 12.1 Å². The number of hydrogen-bond acceptors (Lipinski definition) is 7. The second-order valence-corrected chi connectivity index (χ2v) is 14.2. The number of carbonyl (C=O) groups excluding carboxylic acids is 5. The lowest BCUT2D eigenvalue weighted by Gasteiger charge is -2.62. The Bertz CT molecular complexity index is 1320. The Labute approximate surface area is 236 Å². The molecule has 2 N–H and O–H groups in total. The number of fused-ring (bicyclic) bond motifs is 3. The van der Waals surface area contributed by atoms with Gasteiger partial charge in [-0.1, -0.05) is 66.4 Å². The van der Waals surface area contributed by atoms with E-state index in [1.54, 1.807) is 20.8 Å². The third-order valence-corrected chi connectivity index (χ3v) is 11.1. The number of rotatable bonds is 5. The molecule has 3 fully saturated rings. The molecule has 0 radical (unpaired) electrons. The third kappa shape index (κ3) is 3.75. The first kappa shape index (κ1) is 28.8. The number of ketones is 5. The van der Waals surface area contributed by atoms with E-state index in [4.69, 9.17) is 0 Å². The van der Waals surface area contributed by atoms with Gasteiger partial charge in [0.1, 0.15) is 17.5 Å². The van der Waals surface area contributed by atoms with Gasteiger partial charge in [-0.2, -0.15) is 0 Å². The van der Waals surface area contributed by atoms with Gasteiger partial charge in [-0.05, 0) is 66.5 Å². The van der Waals surface area contributed by atoms with Crippen molar-refractivity contribution in [3.05, 3.63) is 28.8 Å². The van der Waals surface area contributed by atoms with Gasteiger partial charge in [0, 0.05) is 11.3 Å². The fourth-order valence-corrected chi connectivity index (χ4v) is 9.43. The molecule has 4 unspecified atom stereocenters. The number of aliphatic hydroxyl groups is 1. The molecule has 0 heterocycles. The van der Waals surface area contributed by atoms with Crippen molar-refractivity contribution >= 4 is 28.9 Å². The summed E-state index contributed by atoms with van der Waals surface area (Å²) in [6.45, 7) is 10.4. The van der Waals surface area contributed by atoms with E-state index in [1.807, 2.05) is 13.0 Å². The molecule has 1 aromatic rings. The average Bonchev–Trinajstić information content (AvgIpc) is 3.38. The maximum atomic E-state index is 14.4. The predicted octanol–water partition coefficient (Wildman–Crippen LogP) is 4.46. The van der Waals surface area contributed by atoms with Crippen LogP contribution < -0.4 is 0 Å². The summed E-state index contributed by atoms with van der Waals surface area (Å²) in [5.41, 5.74) is -3.33. The normalized spacial score (nSPS) is 36.9. The van der Waals surface area contributed by atoms with Crippen molar-refractivity contribution in [3.63, 3.8) is 0 Å². The highest BCUT2D eigenvalue weighted by Gasteiger charge is 2.76. The van der Waals surface area contributed by atoms with Crippen molar-refractivity contribution in [3.8, 4) is 5.75 Å². The van der Waals surface area contributed by atoms with Gasteiger partial charge in [0.15, 0.2) is 28.7 Å². The van der Waals surface area contributed by atoms with E-state index in [-0.39, 0.29) is 23.7 Å². The van der Waals surface area contributed by atoms with Gasteiger partial charge in [0.2, 0.25) is 0 Å². The van der Waals surface area contributed by atoms with Crippen LogP contribution in [-0.4, -0.2) is 44.7 Å². The Morgan fingerprint density at radius 1 is 1.02 bits per heavy atom. The first-order chi connectivity index (χ1) is 18.6. The highest BCUT2D eigenvalue weighted by Crippen LogP contribution is 2.64. The Morgan fingerprint density at radius 3 is 2.23 bits per heavy atom. The van der Waals surface area contributed by atoms with E-state index >= 15 is 0 Å². The molecule has 0 aliphatic heterocycles. The molecule has 7 heteroatoms. The molecule has 0 saturated heterocycles. The molecule has 0 aromatic heterocycles. The summed E-state index contributed by atoms with van der Waals surface area (Å²) >= 11 is 0. The van der Waals surface area contributed by atoms with Crippen molar-refractivity contribution in [1.29, 1.82) is 0 Å². The van der Waals surface area contributed by atoms with Crippen LogP contribution in [0.4, 0.5) is 0 Å². The largest absolute Gasteiger partial charge is 0.507 e. The van der Waals surface area contributed by atoms with Gasteiger partial charge in [0.25, 0.3) is 0 Å². The van der Waals surface area contributed by atoms with Crippen molar-refractivity contribution in [2.45, 2.75) is 92.1 Å². The van der Waals surface area contributed by atoms with Gasteiger partial charge >= 0.3 is 0 Å². The molecule has 0 spiro atoms. The van der Waals surface area contributed by atoms with Gasteiger partial charge in [-0.25, -0.2) is 0 Å². The molecule has 4 aliphatic carbocycles. The van der Waals surface area contributed by atoms with Crippen molar-refractivity contribution in [1.82, 2.24) is 0 Å². The lowest BCUT2D eigenvalue weighted by Crippen LogP contribution is -2.76. The summed E-state index contributed by atoms with van der Waals surface area (Å²) in [7, 11) is 0. The fraction of sp³-hybridized carbons (Fsp3) is 0.667. The smallest absolute Gasteiger partial charge is 0.190 e. The molecule has 216 valence electrons. The van der Waals surface area contributed by atoms with E-state index in [0.717, 1.165) is 24.5 Å². The number of carbonyl (C=O) groups is 5. The fourth-order valence-electron chi connectivity index (χ4n) is 9.43. The second-order valence-electron chi connectivity index (χ2n) is 14.2. The maximum absolute atomic E-state index is 14.4. The predicted molar refractivity (Wildman–Crippen MR) is 148 cm³/mol. The number of hydrogen-bond donors (Lipinski definition) is 2. The van der Waals surface area contributed by atoms with Crippen LogP contribution in [0.3, 0.4) is 0 Å². The highest BCUT2D eigenvalue weighted by molar-refractivity contribution is 6.32. The summed E-state index contributed by atoms with van der Waals surface area (Å²) < 4.78 is 0. The van der Waals surface area contributed by atoms with E-state index in [1.165, 1.54) is 31.7 Å². The lowest BCUT2D eigenvalue weighted by molar-refractivity contribution is -0.205. The number of aromatic hydroxyl groups is 1. The molecule has 5 rings (SSSR count). The zero-order valence-corrected chi connectivity index (χ0v) is 24.5. The van der Waals surface area contributed by atoms with Gasteiger partial charge < -0.3 is 10.2 Å². The molecule has 40 heavy (non-hydrogen) atoms. The summed E-state index contributed by atoms with van der Waals surface area (Å²) in [4.78, 5) is 68.4. The standard InChI is InChI=1S/C33H42O7/c1-16(2)25-27(36)23(18(4)34)29(38)33(40)30(39)26-28(37)24-21(14-31(26,5)15-32(25,33)6)20(11-12-22(24)35)13-17(3)19-9-7-8-10-19/h11-12,16-17,19,23,25-26,35,40H,7-10,13-15H2,1-6H3/t17?,23?,25?,26?,31-,32-,33+/m1/s1. The molecule has 7 atom stereocenters. The minimum Gasteiger partial charge on any atom is -0.507 e. The first-order valence-electron chi connectivity index (χ1n) is 14.8. The molecule has 0 bridgehead atoms. The number of benzene rings is 1. The van der Waals surface area contributed by atoms with Crippen LogP contribution in [-0.2, 0) is 32.0 Å². The second kappa shape index (κ2) is 9.43. The van der Waals surface area contributed by atoms with Crippen LogP contribution in [0.25, 0.3) is 0 Å². The summed E-state index contributed by atoms with van der Waals surface area (Å²) in [6, 6.07) is 3.38. The lowest BCUT2D eigenvalue weighted by atomic mass is 9.40. The molecular weight excluding hydrogens is 508 g/mol. The number of phenolic OH excluding ortho intramolecular Hbond substituents is 1. The van der Waals surface area contributed by atoms with Crippen LogP contribution in [0, 0.1) is 46.3 Å². The highest BCUT2D eigenvalue weighted by atomic mass is 16.3. The Kier molecular flexibility index (Phi) is 6.80. The number of Topliss-reactive ketones (excluding diaryl/α,β-unsaturated/α-hetero) is 5. The summed E-state index contributed by atoms with van der Waals surface area (Å²) in [6.07, 6.45) is 5.96. The minimum absolute atomic E-state index is 0.0797. The van der Waals surface area contributed by atoms with Crippen LogP contribution in [0.1, 0.15) is 95.1 Å². The average molecular weight is 551 g/mol. The molecule has 3 saturated carbocycles. The van der Waals surface area contributed by atoms with Gasteiger partial charge in [-0.3, -0.25) is 24.0 Å². The van der Waals surface area contributed by atoms with E-state index in [9.17, 15) is 34.2 Å². The molecule has 0 amide bonds. The molecule has 4 aliphatic rings. The first-order valence-corrected chi connectivity index (χ1v) is 14.8. The SMILES string of the molecule is CC(=O)C1C(=O)C(C(C)C)[C@@]2(C)C[C@@]3(C)Cc4c(CC(C)C5CCCC5)ccc(O)c4C(=O)C3C(=O)[C@@]2(O)C1=O. The van der Waals surface area contributed by atoms with E-state index in [2.05, 4.69) is 6.92 Å². The quantitative estimate of drug-likeness (QED) is 0.519.